The molecule has 3 rings (SSSR count). The summed E-state index contributed by atoms with van der Waals surface area (Å²) in [5.74, 6) is 1.24. The van der Waals surface area contributed by atoms with Gasteiger partial charge < -0.3 is 19.3 Å². The van der Waals surface area contributed by atoms with Crippen molar-refractivity contribution in [2.45, 2.75) is 39.2 Å². The van der Waals surface area contributed by atoms with E-state index >= 15 is 0 Å². The number of nitrogens with zero attached hydrogens (tertiary/aromatic N) is 3. The van der Waals surface area contributed by atoms with E-state index in [1.807, 2.05) is 23.1 Å². The van der Waals surface area contributed by atoms with Gasteiger partial charge in [0, 0.05) is 38.0 Å². The number of fused-ring (bicyclic) bond motifs is 1. The van der Waals surface area contributed by atoms with Gasteiger partial charge in [-0.3, -0.25) is 9.59 Å². The number of para-hydroxylation sites is 1. The van der Waals surface area contributed by atoms with Gasteiger partial charge >= 0.3 is 0 Å². The van der Waals surface area contributed by atoms with Crippen molar-refractivity contribution < 1.29 is 19.1 Å². The van der Waals surface area contributed by atoms with Crippen LogP contribution < -0.4 is 9.47 Å². The molecule has 0 unspecified atom stereocenters. The number of pyridine rings is 1. The van der Waals surface area contributed by atoms with Crippen LogP contribution in [0.3, 0.4) is 0 Å². The molecule has 0 spiro atoms. The fourth-order valence-electron chi connectivity index (χ4n) is 3.99. The third-order valence-electron chi connectivity index (χ3n) is 5.67. The van der Waals surface area contributed by atoms with Crippen LogP contribution >= 0.6 is 0 Å². The van der Waals surface area contributed by atoms with E-state index in [4.69, 9.17) is 9.47 Å². The fraction of sp³-hybridized carbons (Fsp3) is 0.480. The minimum atomic E-state index is -0.123. The smallest absolute Gasteiger partial charge is 0.257 e. The van der Waals surface area contributed by atoms with Gasteiger partial charge in [-0.15, -0.1) is 0 Å². The molecule has 0 bridgehead atoms. The number of benzene rings is 1. The molecule has 172 valence electrons. The molecule has 1 aromatic carbocycles. The van der Waals surface area contributed by atoms with Gasteiger partial charge in [-0.25, -0.2) is 4.98 Å². The number of hydrogen-bond acceptors (Lipinski definition) is 5. The fourth-order valence-corrected chi connectivity index (χ4v) is 3.99. The molecule has 1 atom stereocenters. The first-order valence-electron chi connectivity index (χ1n) is 11.2. The molecule has 2 amide bonds. The SMILES string of the molecule is COc1cc(C(=O)N2CCCCN(C)C(=O)c3ccccc3OC[C@@H]2CC(C)C)ccn1. The van der Waals surface area contributed by atoms with E-state index in [0.717, 1.165) is 19.3 Å². The van der Waals surface area contributed by atoms with Crippen molar-refractivity contribution in [1.82, 2.24) is 14.8 Å². The number of ether oxygens (including phenoxy) is 2. The lowest BCUT2D eigenvalue weighted by Crippen LogP contribution is -2.45. The Bertz CT molecular complexity index is 931. The molecular formula is C25H33N3O4. The van der Waals surface area contributed by atoms with Gasteiger partial charge in [-0.1, -0.05) is 26.0 Å². The Kier molecular flexibility index (Phi) is 8.09. The van der Waals surface area contributed by atoms with Crippen molar-refractivity contribution in [3.8, 4) is 11.6 Å². The topological polar surface area (TPSA) is 72.0 Å². The Morgan fingerprint density at radius 2 is 1.97 bits per heavy atom. The lowest BCUT2D eigenvalue weighted by Gasteiger charge is -2.34. The minimum absolute atomic E-state index is 0.0432. The summed E-state index contributed by atoms with van der Waals surface area (Å²) in [7, 11) is 3.34. The summed E-state index contributed by atoms with van der Waals surface area (Å²) in [4.78, 5) is 34.2. The summed E-state index contributed by atoms with van der Waals surface area (Å²) < 4.78 is 11.4. The molecule has 0 radical (unpaired) electrons. The number of hydrogen-bond donors (Lipinski definition) is 0. The molecule has 1 aromatic heterocycles. The number of carbonyl (C=O) groups is 2. The average molecular weight is 440 g/mol. The van der Waals surface area contributed by atoms with Crippen LogP contribution in [0.4, 0.5) is 0 Å². The molecule has 2 heterocycles. The van der Waals surface area contributed by atoms with E-state index in [0.29, 0.717) is 48.4 Å². The Morgan fingerprint density at radius 3 is 2.72 bits per heavy atom. The van der Waals surface area contributed by atoms with Crippen LogP contribution in [0, 0.1) is 5.92 Å². The monoisotopic (exact) mass is 439 g/mol. The predicted molar refractivity (Wildman–Crippen MR) is 123 cm³/mol. The van der Waals surface area contributed by atoms with Gasteiger partial charge in [0.25, 0.3) is 11.8 Å². The summed E-state index contributed by atoms with van der Waals surface area (Å²) in [5.41, 5.74) is 1.10. The molecule has 0 fully saturated rings. The normalized spacial score (nSPS) is 17.8. The summed E-state index contributed by atoms with van der Waals surface area (Å²) >= 11 is 0. The summed E-state index contributed by atoms with van der Waals surface area (Å²) in [5, 5.41) is 0. The number of methoxy groups -OCH3 is 1. The Hall–Kier alpha value is -3.09. The van der Waals surface area contributed by atoms with Crippen LogP contribution in [0.25, 0.3) is 0 Å². The molecule has 2 aromatic rings. The van der Waals surface area contributed by atoms with Crippen LogP contribution in [0.2, 0.25) is 0 Å². The largest absolute Gasteiger partial charge is 0.491 e. The highest BCUT2D eigenvalue weighted by Gasteiger charge is 2.28. The number of aromatic nitrogens is 1. The summed E-state index contributed by atoms with van der Waals surface area (Å²) in [6.07, 6.45) is 3.99. The zero-order chi connectivity index (χ0) is 23.1. The molecule has 0 aliphatic carbocycles. The quantitative estimate of drug-likeness (QED) is 0.723. The van der Waals surface area contributed by atoms with Crippen LogP contribution in [0.5, 0.6) is 11.6 Å². The van der Waals surface area contributed by atoms with Gasteiger partial charge in [-0.2, -0.15) is 0 Å². The molecular weight excluding hydrogens is 406 g/mol. The molecule has 7 heteroatoms. The third-order valence-corrected chi connectivity index (χ3v) is 5.67. The zero-order valence-corrected chi connectivity index (χ0v) is 19.4. The van der Waals surface area contributed by atoms with E-state index in [9.17, 15) is 9.59 Å². The van der Waals surface area contributed by atoms with Crippen LogP contribution in [0.15, 0.2) is 42.6 Å². The first kappa shape index (κ1) is 23.6. The molecule has 1 aliphatic rings. The highest BCUT2D eigenvalue weighted by atomic mass is 16.5. The van der Waals surface area contributed by atoms with E-state index in [1.165, 1.54) is 7.11 Å². The Balaban J connectivity index is 1.94. The van der Waals surface area contributed by atoms with Gasteiger partial charge in [-0.05, 0) is 43.4 Å². The van der Waals surface area contributed by atoms with E-state index in [-0.39, 0.29) is 17.9 Å². The van der Waals surface area contributed by atoms with Crippen LogP contribution in [-0.2, 0) is 0 Å². The first-order valence-corrected chi connectivity index (χ1v) is 11.2. The maximum atomic E-state index is 13.6. The molecule has 0 saturated heterocycles. The molecule has 32 heavy (non-hydrogen) atoms. The van der Waals surface area contributed by atoms with Gasteiger partial charge in [0.2, 0.25) is 5.88 Å². The molecule has 0 saturated carbocycles. The van der Waals surface area contributed by atoms with Gasteiger partial charge in [0.15, 0.2) is 0 Å². The minimum Gasteiger partial charge on any atom is -0.491 e. The third kappa shape index (κ3) is 5.78. The Labute approximate surface area is 190 Å². The highest BCUT2D eigenvalue weighted by molar-refractivity contribution is 5.97. The second-order valence-corrected chi connectivity index (χ2v) is 8.61. The van der Waals surface area contributed by atoms with E-state index < -0.39 is 0 Å². The average Bonchev–Trinajstić information content (AvgIpc) is 2.80. The molecule has 1 aliphatic heterocycles. The zero-order valence-electron chi connectivity index (χ0n) is 19.4. The highest BCUT2D eigenvalue weighted by Crippen LogP contribution is 2.24. The lowest BCUT2D eigenvalue weighted by molar-refractivity contribution is 0.0558. The number of rotatable bonds is 4. The number of amides is 2. The molecule has 7 nitrogen and oxygen atoms in total. The van der Waals surface area contributed by atoms with Crippen LogP contribution in [-0.4, -0.2) is 66.5 Å². The number of carbonyl (C=O) groups excluding carboxylic acids is 2. The van der Waals surface area contributed by atoms with Crippen molar-refractivity contribution >= 4 is 11.8 Å². The second-order valence-electron chi connectivity index (χ2n) is 8.61. The van der Waals surface area contributed by atoms with Crippen molar-refractivity contribution in [3.63, 3.8) is 0 Å². The summed E-state index contributed by atoms with van der Waals surface area (Å²) in [6, 6.07) is 10.6. The van der Waals surface area contributed by atoms with Crippen molar-refractivity contribution in [2.75, 3.05) is 33.9 Å². The lowest BCUT2D eigenvalue weighted by atomic mass is 10.0. The first-order chi connectivity index (χ1) is 15.4. The maximum Gasteiger partial charge on any atom is 0.257 e. The van der Waals surface area contributed by atoms with E-state index in [2.05, 4.69) is 18.8 Å². The van der Waals surface area contributed by atoms with Crippen LogP contribution in [0.1, 0.15) is 53.8 Å². The standard InChI is InChI=1S/C25H33N3O4/c1-18(2)15-20-17-32-22-10-6-5-9-21(22)25(30)27(3)13-7-8-14-28(20)24(29)19-11-12-26-23(16-19)31-4/h5-6,9-12,16,18,20H,7-8,13-15,17H2,1-4H3/t20-/m0/s1. The maximum absolute atomic E-state index is 13.6. The second kappa shape index (κ2) is 11.0. The molecule has 0 N–H and O–H groups in total. The van der Waals surface area contributed by atoms with Crippen molar-refractivity contribution in [3.05, 3.63) is 53.7 Å². The van der Waals surface area contributed by atoms with E-state index in [1.54, 1.807) is 36.3 Å². The van der Waals surface area contributed by atoms with Crippen molar-refractivity contribution in [2.24, 2.45) is 5.92 Å². The summed E-state index contributed by atoms with van der Waals surface area (Å²) in [6.45, 7) is 5.81. The van der Waals surface area contributed by atoms with Gasteiger partial charge in [0.05, 0.1) is 18.7 Å². The van der Waals surface area contributed by atoms with Crippen molar-refractivity contribution in [1.29, 1.82) is 0 Å². The Morgan fingerprint density at radius 1 is 1.22 bits per heavy atom. The van der Waals surface area contributed by atoms with Gasteiger partial charge in [0.1, 0.15) is 12.4 Å². The predicted octanol–water partition coefficient (Wildman–Crippen LogP) is 3.89.